The number of primary amides is 1. The van der Waals surface area contributed by atoms with Crippen LogP contribution in [0.4, 0.5) is 11.4 Å². The number of amides is 3. The predicted molar refractivity (Wildman–Crippen MR) is 142 cm³/mol. The first-order valence-electron chi connectivity index (χ1n) is 11.4. The van der Waals surface area contributed by atoms with Gasteiger partial charge in [0.15, 0.2) is 5.69 Å². The summed E-state index contributed by atoms with van der Waals surface area (Å²) in [7, 11) is 1.53. The first kappa shape index (κ1) is 25.7. The van der Waals surface area contributed by atoms with Gasteiger partial charge >= 0.3 is 0 Å². The second kappa shape index (κ2) is 11.1. The normalized spacial score (nSPS) is 11.7. The van der Waals surface area contributed by atoms with Gasteiger partial charge in [-0.1, -0.05) is 30.3 Å². The number of pyridine rings is 1. The molecule has 11 heteroatoms. The van der Waals surface area contributed by atoms with Crippen molar-refractivity contribution >= 4 is 51.5 Å². The fourth-order valence-corrected chi connectivity index (χ4v) is 4.74. The van der Waals surface area contributed by atoms with Gasteiger partial charge in [-0.15, -0.1) is 0 Å². The summed E-state index contributed by atoms with van der Waals surface area (Å²) in [6.07, 6.45) is 1.68. The molecular formula is C26H26N6O4S. The fourth-order valence-electron chi connectivity index (χ4n) is 3.99. The third-order valence-corrected chi connectivity index (χ3v) is 6.66. The first-order chi connectivity index (χ1) is 17.8. The zero-order chi connectivity index (χ0) is 26.5. The number of benzene rings is 2. The Kier molecular flexibility index (Phi) is 7.75. The fraction of sp³-hybridized carbons (Fsp3) is 0.192. The summed E-state index contributed by atoms with van der Waals surface area (Å²) in [6.45, 7) is 2.37. The van der Waals surface area contributed by atoms with Crippen molar-refractivity contribution in [1.82, 2.24) is 14.7 Å². The van der Waals surface area contributed by atoms with E-state index in [1.54, 1.807) is 36.5 Å². The minimum atomic E-state index is -1.09. The van der Waals surface area contributed by atoms with Gasteiger partial charge in [-0.25, -0.2) is 0 Å². The average molecular weight is 519 g/mol. The third-order valence-electron chi connectivity index (χ3n) is 5.80. The number of methoxy groups -OCH3 is 1. The second-order valence-electron chi connectivity index (χ2n) is 8.24. The van der Waals surface area contributed by atoms with Crippen LogP contribution in [0, 0.1) is 6.92 Å². The number of rotatable bonds is 9. The Hall–Kier alpha value is -4.35. The Balaban J connectivity index is 1.91. The maximum atomic E-state index is 14.1. The first-order valence-corrected chi connectivity index (χ1v) is 12.2. The molecule has 4 rings (SSSR count). The number of carbonyl (C=O) groups excluding carboxylic acids is 3. The highest BCUT2D eigenvalue weighted by molar-refractivity contribution is 7.09. The third kappa shape index (κ3) is 5.27. The van der Waals surface area contributed by atoms with E-state index in [4.69, 9.17) is 16.2 Å². The van der Waals surface area contributed by atoms with E-state index in [0.717, 1.165) is 28.0 Å². The lowest BCUT2D eigenvalue weighted by Gasteiger charge is -2.32. The number of nitrogens with one attached hydrogen (secondary N) is 1. The molecule has 0 radical (unpaired) electrons. The van der Waals surface area contributed by atoms with Crippen LogP contribution in [0.25, 0.3) is 10.9 Å². The minimum Gasteiger partial charge on any atom is -0.395 e. The Morgan fingerprint density at radius 1 is 1.14 bits per heavy atom. The van der Waals surface area contributed by atoms with E-state index in [-0.39, 0.29) is 22.8 Å². The zero-order valence-corrected chi connectivity index (χ0v) is 21.1. The largest absolute Gasteiger partial charge is 0.395 e. The summed E-state index contributed by atoms with van der Waals surface area (Å²) in [4.78, 5) is 45.3. The van der Waals surface area contributed by atoms with E-state index in [0.29, 0.717) is 17.9 Å². The molecule has 2 aromatic carbocycles. The van der Waals surface area contributed by atoms with Crippen LogP contribution in [0.1, 0.15) is 37.3 Å². The van der Waals surface area contributed by atoms with Crippen LogP contribution in [-0.2, 0) is 9.53 Å². The highest BCUT2D eigenvalue weighted by Crippen LogP contribution is 2.35. The van der Waals surface area contributed by atoms with Gasteiger partial charge in [0, 0.05) is 30.9 Å². The van der Waals surface area contributed by atoms with E-state index in [1.807, 2.05) is 31.2 Å². The lowest BCUT2D eigenvalue weighted by atomic mass is 9.99. The van der Waals surface area contributed by atoms with Crippen molar-refractivity contribution in [2.75, 3.05) is 30.9 Å². The summed E-state index contributed by atoms with van der Waals surface area (Å²) in [5, 5.41) is 3.66. The van der Waals surface area contributed by atoms with Gasteiger partial charge in [0.05, 0.1) is 17.8 Å². The van der Waals surface area contributed by atoms with Gasteiger partial charge in [0.2, 0.25) is 5.91 Å². The maximum absolute atomic E-state index is 14.1. The highest BCUT2D eigenvalue weighted by atomic mass is 32.1. The number of para-hydroxylation sites is 1. The monoisotopic (exact) mass is 518 g/mol. The van der Waals surface area contributed by atoms with Crippen LogP contribution in [0.3, 0.4) is 0 Å². The quantitative estimate of drug-likeness (QED) is 0.288. The summed E-state index contributed by atoms with van der Waals surface area (Å²) in [5.74, 6) is -1.85. The highest BCUT2D eigenvalue weighted by Gasteiger charge is 2.36. The summed E-state index contributed by atoms with van der Waals surface area (Å²) in [5.41, 5.74) is 13.8. The molecule has 0 saturated heterocycles. The van der Waals surface area contributed by atoms with Crippen LogP contribution in [0.5, 0.6) is 0 Å². The van der Waals surface area contributed by atoms with E-state index < -0.39 is 23.8 Å². The van der Waals surface area contributed by atoms with Crippen molar-refractivity contribution in [3.8, 4) is 0 Å². The van der Waals surface area contributed by atoms with Crippen LogP contribution in [0.15, 0.2) is 60.8 Å². The number of aromatic nitrogens is 2. The van der Waals surface area contributed by atoms with Crippen LogP contribution in [-0.4, -0.2) is 47.3 Å². The lowest BCUT2D eigenvalue weighted by Crippen LogP contribution is -2.45. The van der Waals surface area contributed by atoms with E-state index in [9.17, 15) is 14.4 Å². The van der Waals surface area contributed by atoms with Gasteiger partial charge in [-0.05, 0) is 53.8 Å². The number of anilines is 2. The van der Waals surface area contributed by atoms with E-state index in [1.165, 1.54) is 12.0 Å². The molecule has 2 aromatic heterocycles. The van der Waals surface area contributed by atoms with Crippen LogP contribution in [0.2, 0.25) is 0 Å². The van der Waals surface area contributed by atoms with Gasteiger partial charge in [0.25, 0.3) is 11.8 Å². The molecule has 0 bridgehead atoms. The molecule has 0 aliphatic carbocycles. The van der Waals surface area contributed by atoms with Crippen molar-refractivity contribution in [1.29, 1.82) is 0 Å². The molecule has 0 aliphatic heterocycles. The zero-order valence-electron chi connectivity index (χ0n) is 20.3. The van der Waals surface area contributed by atoms with Gasteiger partial charge in [-0.3, -0.25) is 24.3 Å². The number of nitrogen functional groups attached to an aromatic ring is 1. The standard InChI is InChI=1S/C26H26N6O4S/c1-15-6-3-4-8-19(15)32(26(35)23-20(27)21(24(28)33)31-37-23)22(25(34)30-12-13-36-2)17-9-10-18-16(14-17)7-5-11-29-18/h3-11,14,22H,12-13,27H2,1-2H3,(H2,28,33)(H,30,34). The molecule has 37 heavy (non-hydrogen) atoms. The number of nitrogens with two attached hydrogens (primary N) is 2. The van der Waals surface area contributed by atoms with Crippen molar-refractivity contribution in [2.24, 2.45) is 5.73 Å². The molecule has 0 spiro atoms. The van der Waals surface area contributed by atoms with Gasteiger partial charge in [0.1, 0.15) is 10.9 Å². The number of fused-ring (bicyclic) bond motifs is 1. The van der Waals surface area contributed by atoms with E-state index >= 15 is 0 Å². The van der Waals surface area contributed by atoms with Crippen LogP contribution < -0.4 is 21.7 Å². The van der Waals surface area contributed by atoms with Crippen LogP contribution >= 0.6 is 11.5 Å². The smallest absolute Gasteiger partial charge is 0.273 e. The van der Waals surface area contributed by atoms with E-state index in [2.05, 4.69) is 14.7 Å². The maximum Gasteiger partial charge on any atom is 0.273 e. The van der Waals surface area contributed by atoms with Gasteiger partial charge < -0.3 is 21.5 Å². The molecule has 10 nitrogen and oxygen atoms in total. The number of hydrogen-bond acceptors (Lipinski definition) is 8. The molecule has 0 saturated carbocycles. The number of aryl methyl sites for hydroxylation is 1. The SMILES string of the molecule is COCCNC(=O)C(c1ccc2ncccc2c1)N(C(=O)c1snc(C(N)=O)c1N)c1ccccc1C. The molecule has 2 heterocycles. The summed E-state index contributed by atoms with van der Waals surface area (Å²) >= 11 is 0.761. The molecule has 0 fully saturated rings. The number of ether oxygens (including phenoxy) is 1. The molecule has 3 amide bonds. The Labute approximate surface area is 217 Å². The molecule has 0 aliphatic rings. The molecule has 5 N–H and O–H groups in total. The molecule has 190 valence electrons. The molecular weight excluding hydrogens is 492 g/mol. The summed E-state index contributed by atoms with van der Waals surface area (Å²) < 4.78 is 9.07. The Bertz CT molecular complexity index is 1470. The average Bonchev–Trinajstić information content (AvgIpc) is 3.28. The second-order valence-corrected chi connectivity index (χ2v) is 9.02. The van der Waals surface area contributed by atoms with Gasteiger partial charge in [-0.2, -0.15) is 4.37 Å². The van der Waals surface area contributed by atoms with Crippen molar-refractivity contribution in [3.05, 3.63) is 82.5 Å². The lowest BCUT2D eigenvalue weighted by molar-refractivity contribution is -0.122. The topological polar surface area (TPSA) is 154 Å². The number of hydrogen-bond donors (Lipinski definition) is 3. The molecule has 1 atom stereocenters. The van der Waals surface area contributed by atoms with Crippen molar-refractivity contribution in [3.63, 3.8) is 0 Å². The predicted octanol–water partition coefficient (Wildman–Crippen LogP) is 2.83. The van der Waals surface area contributed by atoms with Crippen molar-refractivity contribution in [2.45, 2.75) is 13.0 Å². The summed E-state index contributed by atoms with van der Waals surface area (Å²) in [6, 6.07) is 15.2. The number of carbonyl (C=O) groups is 3. The molecule has 4 aromatic rings. The minimum absolute atomic E-state index is 0.00852. The number of nitrogens with zero attached hydrogens (tertiary/aromatic N) is 3. The molecule has 1 unspecified atom stereocenters. The Morgan fingerprint density at radius 3 is 2.62 bits per heavy atom. The Morgan fingerprint density at radius 2 is 1.92 bits per heavy atom. The van der Waals surface area contributed by atoms with Crippen molar-refractivity contribution < 1.29 is 19.1 Å².